The van der Waals surface area contributed by atoms with Crippen molar-refractivity contribution in [3.05, 3.63) is 35.8 Å². The SMILES string of the molecule is CS(=O)(=O)N[C@H]1CC[C@H](CNc2ncc(C#N)c(-c3c[nH]c4ncc(C(F)(F)F)cc34)n2)CC1. The molecule has 0 atom stereocenters. The summed E-state index contributed by atoms with van der Waals surface area (Å²) in [4.78, 5) is 15.2. The van der Waals surface area contributed by atoms with Crippen molar-refractivity contribution in [1.82, 2.24) is 24.7 Å². The Morgan fingerprint density at radius 3 is 2.59 bits per heavy atom. The molecule has 3 heterocycles. The highest BCUT2D eigenvalue weighted by Crippen LogP contribution is 2.35. The smallest absolute Gasteiger partial charge is 0.354 e. The summed E-state index contributed by atoms with van der Waals surface area (Å²) in [6.45, 7) is 0.546. The molecule has 1 saturated carbocycles. The second kappa shape index (κ2) is 9.19. The van der Waals surface area contributed by atoms with E-state index in [0.717, 1.165) is 44.2 Å². The van der Waals surface area contributed by atoms with Crippen LogP contribution in [0.2, 0.25) is 0 Å². The third kappa shape index (κ3) is 5.45. The van der Waals surface area contributed by atoms with Crippen molar-refractivity contribution in [2.75, 3.05) is 18.1 Å². The maximum atomic E-state index is 13.2. The fourth-order valence-corrected chi connectivity index (χ4v) is 4.97. The Bertz CT molecular complexity index is 1340. The molecule has 13 heteroatoms. The van der Waals surface area contributed by atoms with E-state index in [2.05, 4.69) is 30.0 Å². The monoisotopic (exact) mass is 493 g/mol. The van der Waals surface area contributed by atoms with E-state index >= 15 is 0 Å². The molecule has 0 aliphatic heterocycles. The highest BCUT2D eigenvalue weighted by Gasteiger charge is 2.32. The van der Waals surface area contributed by atoms with Gasteiger partial charge in [0.05, 0.1) is 29.3 Å². The van der Waals surface area contributed by atoms with Gasteiger partial charge >= 0.3 is 6.18 Å². The van der Waals surface area contributed by atoms with Gasteiger partial charge in [0.25, 0.3) is 0 Å². The van der Waals surface area contributed by atoms with Gasteiger partial charge in [0.1, 0.15) is 11.7 Å². The lowest BCUT2D eigenvalue weighted by Gasteiger charge is -2.28. The van der Waals surface area contributed by atoms with E-state index < -0.39 is 21.8 Å². The molecule has 0 spiro atoms. The van der Waals surface area contributed by atoms with Crippen LogP contribution in [0.1, 0.15) is 36.8 Å². The van der Waals surface area contributed by atoms with Gasteiger partial charge in [-0.05, 0) is 37.7 Å². The summed E-state index contributed by atoms with van der Waals surface area (Å²) in [6.07, 6.45) is 3.23. The lowest BCUT2D eigenvalue weighted by atomic mass is 9.86. The van der Waals surface area contributed by atoms with E-state index in [1.54, 1.807) is 0 Å². The van der Waals surface area contributed by atoms with Crippen molar-refractivity contribution in [3.63, 3.8) is 0 Å². The first-order valence-electron chi connectivity index (χ1n) is 10.6. The Morgan fingerprint density at radius 1 is 1.21 bits per heavy atom. The van der Waals surface area contributed by atoms with Crippen LogP contribution >= 0.6 is 0 Å². The Labute approximate surface area is 193 Å². The number of nitrogens with zero attached hydrogens (tertiary/aromatic N) is 4. The fraction of sp³-hybridized carbons (Fsp3) is 0.429. The second-order valence-electron chi connectivity index (χ2n) is 8.38. The zero-order valence-electron chi connectivity index (χ0n) is 18.1. The molecule has 0 amide bonds. The van der Waals surface area contributed by atoms with E-state index in [4.69, 9.17) is 0 Å². The number of anilines is 1. The highest BCUT2D eigenvalue weighted by molar-refractivity contribution is 7.88. The van der Waals surface area contributed by atoms with Crippen LogP contribution in [0.5, 0.6) is 0 Å². The summed E-state index contributed by atoms with van der Waals surface area (Å²) in [7, 11) is -3.24. The molecule has 0 radical (unpaired) electrons. The second-order valence-corrected chi connectivity index (χ2v) is 10.2. The summed E-state index contributed by atoms with van der Waals surface area (Å²) < 4.78 is 65.0. The van der Waals surface area contributed by atoms with Crippen LogP contribution < -0.4 is 10.0 Å². The first kappa shape index (κ1) is 23.9. The van der Waals surface area contributed by atoms with Gasteiger partial charge < -0.3 is 10.3 Å². The van der Waals surface area contributed by atoms with Gasteiger partial charge in [-0.1, -0.05) is 0 Å². The van der Waals surface area contributed by atoms with Crippen LogP contribution in [0, 0.1) is 17.2 Å². The number of aromatic nitrogens is 4. The molecular formula is C21H22F3N7O2S. The molecule has 34 heavy (non-hydrogen) atoms. The van der Waals surface area contributed by atoms with Gasteiger partial charge in [0.2, 0.25) is 16.0 Å². The molecule has 0 unspecified atom stereocenters. The minimum absolute atomic E-state index is 0.0684. The minimum Gasteiger partial charge on any atom is -0.354 e. The molecule has 3 aromatic rings. The maximum Gasteiger partial charge on any atom is 0.417 e. The third-order valence-corrected chi connectivity index (χ3v) is 6.56. The van der Waals surface area contributed by atoms with E-state index in [-0.39, 0.29) is 40.2 Å². The standard InChI is InChI=1S/C21H22F3N7O2S/c1-34(32,33)31-15-4-2-12(3-5-15)8-28-20-29-9-13(7-25)18(30-20)17-11-27-19-16(17)6-14(10-26-19)21(22,23)24/h6,9-12,15,31H,2-5,8H2,1H3,(H,26,27)(H,28,29,30)/t12-,15-. The first-order chi connectivity index (χ1) is 16.0. The first-order valence-corrected chi connectivity index (χ1v) is 12.5. The molecule has 180 valence electrons. The van der Waals surface area contributed by atoms with E-state index in [9.17, 15) is 26.9 Å². The van der Waals surface area contributed by atoms with Crippen LogP contribution in [0.25, 0.3) is 22.3 Å². The van der Waals surface area contributed by atoms with Crippen LogP contribution in [0.15, 0.2) is 24.7 Å². The van der Waals surface area contributed by atoms with Crippen molar-refractivity contribution in [2.24, 2.45) is 5.92 Å². The Morgan fingerprint density at radius 2 is 1.94 bits per heavy atom. The van der Waals surface area contributed by atoms with Crippen molar-refractivity contribution < 1.29 is 21.6 Å². The van der Waals surface area contributed by atoms with Crippen LogP contribution in [-0.4, -0.2) is 47.2 Å². The molecule has 9 nitrogen and oxygen atoms in total. The topological polar surface area (TPSA) is 136 Å². The predicted octanol–water partition coefficient (Wildman–Crippen LogP) is 3.43. The average Bonchev–Trinajstić information content (AvgIpc) is 3.20. The summed E-state index contributed by atoms with van der Waals surface area (Å²) in [5.41, 5.74) is -0.000173. The molecular weight excluding hydrogens is 471 g/mol. The number of halogens is 3. The van der Waals surface area contributed by atoms with Gasteiger partial charge in [-0.25, -0.2) is 28.1 Å². The number of sulfonamides is 1. The maximum absolute atomic E-state index is 13.2. The number of pyridine rings is 1. The average molecular weight is 494 g/mol. The van der Waals surface area contributed by atoms with Gasteiger partial charge in [0.15, 0.2) is 0 Å². The van der Waals surface area contributed by atoms with Crippen LogP contribution in [0.3, 0.4) is 0 Å². The van der Waals surface area contributed by atoms with Crippen LogP contribution in [0.4, 0.5) is 19.1 Å². The molecule has 3 aromatic heterocycles. The van der Waals surface area contributed by atoms with E-state index in [1.165, 1.54) is 12.4 Å². The fourth-order valence-electron chi connectivity index (χ4n) is 4.13. The van der Waals surface area contributed by atoms with Gasteiger partial charge in [0, 0.05) is 35.9 Å². The molecule has 4 rings (SSSR count). The van der Waals surface area contributed by atoms with Crippen molar-refractivity contribution in [2.45, 2.75) is 37.9 Å². The molecule has 1 aliphatic carbocycles. The number of aromatic amines is 1. The van der Waals surface area contributed by atoms with Crippen molar-refractivity contribution in [3.8, 4) is 17.3 Å². The molecule has 3 N–H and O–H groups in total. The summed E-state index contributed by atoms with van der Waals surface area (Å²) in [5, 5.41) is 12.8. The Kier molecular flexibility index (Phi) is 6.46. The van der Waals surface area contributed by atoms with Crippen molar-refractivity contribution in [1.29, 1.82) is 5.26 Å². The molecule has 0 bridgehead atoms. The minimum atomic E-state index is -4.55. The predicted molar refractivity (Wildman–Crippen MR) is 119 cm³/mol. The quantitative estimate of drug-likeness (QED) is 0.479. The highest BCUT2D eigenvalue weighted by atomic mass is 32.2. The number of H-pyrrole nitrogens is 1. The molecule has 0 aromatic carbocycles. The number of hydrogen-bond donors (Lipinski definition) is 3. The summed E-state index contributed by atoms with van der Waals surface area (Å²) in [6, 6.07) is 2.90. The van der Waals surface area contributed by atoms with E-state index in [1.807, 2.05) is 6.07 Å². The largest absolute Gasteiger partial charge is 0.417 e. The van der Waals surface area contributed by atoms with E-state index in [0.29, 0.717) is 12.1 Å². The molecule has 0 saturated heterocycles. The number of alkyl halides is 3. The number of nitriles is 1. The van der Waals surface area contributed by atoms with Gasteiger partial charge in [-0.3, -0.25) is 0 Å². The van der Waals surface area contributed by atoms with Crippen LogP contribution in [-0.2, 0) is 16.2 Å². The zero-order valence-corrected chi connectivity index (χ0v) is 19.0. The number of fused-ring (bicyclic) bond motifs is 1. The Balaban J connectivity index is 1.52. The van der Waals surface area contributed by atoms with Gasteiger partial charge in [-0.15, -0.1) is 0 Å². The Hall–Kier alpha value is -3.24. The number of rotatable bonds is 6. The molecule has 1 fully saturated rings. The lowest BCUT2D eigenvalue weighted by molar-refractivity contribution is -0.137. The lowest BCUT2D eigenvalue weighted by Crippen LogP contribution is -2.37. The normalized spacial score (nSPS) is 19.1. The van der Waals surface area contributed by atoms with Gasteiger partial charge in [-0.2, -0.15) is 18.4 Å². The zero-order chi connectivity index (χ0) is 24.5. The third-order valence-electron chi connectivity index (χ3n) is 5.80. The molecule has 1 aliphatic rings. The van der Waals surface area contributed by atoms with Crippen molar-refractivity contribution >= 4 is 27.0 Å². The number of nitrogens with one attached hydrogen (secondary N) is 3. The number of hydrogen-bond acceptors (Lipinski definition) is 7. The summed E-state index contributed by atoms with van der Waals surface area (Å²) in [5.74, 6) is 0.534. The summed E-state index contributed by atoms with van der Waals surface area (Å²) >= 11 is 0.